The summed E-state index contributed by atoms with van der Waals surface area (Å²) in [7, 11) is -1.25. The number of hydrogen-bond donors (Lipinski definition) is 1. The SMILES string of the molecule is CS(C[C@@H](O)[C@@H]1CCCCN1I)(c1ccccc1)c1ccccc1. The number of halogens is 1. The van der Waals surface area contributed by atoms with Crippen molar-refractivity contribution in [1.29, 1.82) is 0 Å². The second kappa shape index (κ2) is 8.21. The van der Waals surface area contributed by atoms with E-state index >= 15 is 0 Å². The van der Waals surface area contributed by atoms with Crippen LogP contribution in [-0.2, 0) is 0 Å². The van der Waals surface area contributed by atoms with Crippen molar-refractivity contribution >= 4 is 32.9 Å². The van der Waals surface area contributed by atoms with E-state index in [-0.39, 0.29) is 12.1 Å². The maximum Gasteiger partial charge on any atom is 0.0785 e. The Morgan fingerprint density at radius 2 is 1.58 bits per heavy atom. The lowest BCUT2D eigenvalue weighted by molar-refractivity contribution is 0.100. The van der Waals surface area contributed by atoms with Gasteiger partial charge in [0.1, 0.15) is 0 Å². The third kappa shape index (κ3) is 3.98. The van der Waals surface area contributed by atoms with E-state index in [9.17, 15) is 5.11 Å². The lowest BCUT2D eigenvalue weighted by Gasteiger charge is -2.42. The molecular formula is C20H26INOS. The topological polar surface area (TPSA) is 23.5 Å². The Morgan fingerprint density at radius 3 is 2.08 bits per heavy atom. The van der Waals surface area contributed by atoms with Crippen LogP contribution in [0.4, 0.5) is 0 Å². The molecule has 4 heteroatoms. The zero-order valence-corrected chi connectivity index (χ0v) is 17.1. The monoisotopic (exact) mass is 455 g/mol. The summed E-state index contributed by atoms with van der Waals surface area (Å²) in [5.41, 5.74) is 0. The van der Waals surface area contributed by atoms with Crippen LogP contribution >= 0.6 is 32.9 Å². The largest absolute Gasteiger partial charge is 0.391 e. The minimum absolute atomic E-state index is 0.276. The third-order valence-corrected chi connectivity index (χ3v) is 9.79. The lowest BCUT2D eigenvalue weighted by atomic mass is 10.0. The van der Waals surface area contributed by atoms with Gasteiger partial charge in [0.2, 0.25) is 0 Å². The van der Waals surface area contributed by atoms with Gasteiger partial charge < -0.3 is 5.11 Å². The Labute approximate surface area is 161 Å². The summed E-state index contributed by atoms with van der Waals surface area (Å²) in [6.45, 7) is 1.09. The first kappa shape index (κ1) is 18.2. The summed E-state index contributed by atoms with van der Waals surface area (Å²) < 4.78 is 2.32. The number of aliphatic hydroxyl groups excluding tert-OH is 1. The Kier molecular flexibility index (Phi) is 6.24. The van der Waals surface area contributed by atoms with Crippen molar-refractivity contribution in [2.45, 2.75) is 41.2 Å². The molecule has 0 radical (unpaired) electrons. The highest BCUT2D eigenvalue weighted by atomic mass is 127. The standard InChI is InChI=1S/C20H26INOS/c1-24(17-10-4-2-5-11-17,18-12-6-3-7-13-18)16-20(23)19-14-8-9-15-22(19)21/h2-7,10-13,19-20,23H,8-9,14-16H2,1H3/t19-,20+/m0/s1. The van der Waals surface area contributed by atoms with Crippen LogP contribution in [0.3, 0.4) is 0 Å². The van der Waals surface area contributed by atoms with Gasteiger partial charge in [0.25, 0.3) is 0 Å². The average molecular weight is 455 g/mol. The number of piperidine rings is 1. The number of hydrogen-bond acceptors (Lipinski definition) is 2. The number of benzene rings is 2. The molecule has 0 aliphatic carbocycles. The Hall–Kier alpha value is -0.560. The molecular weight excluding hydrogens is 429 g/mol. The molecule has 3 rings (SSSR count). The highest BCUT2D eigenvalue weighted by molar-refractivity contribution is 14.1. The van der Waals surface area contributed by atoms with Crippen LogP contribution < -0.4 is 0 Å². The van der Waals surface area contributed by atoms with E-state index in [4.69, 9.17) is 0 Å². The number of rotatable bonds is 5. The summed E-state index contributed by atoms with van der Waals surface area (Å²) in [6, 6.07) is 21.7. The molecule has 0 amide bonds. The van der Waals surface area contributed by atoms with Crippen molar-refractivity contribution in [2.75, 3.05) is 18.6 Å². The molecule has 1 saturated heterocycles. The van der Waals surface area contributed by atoms with Gasteiger partial charge in [-0.05, 0) is 53.2 Å². The summed E-state index contributed by atoms with van der Waals surface area (Å²) in [5.74, 6) is 0.825. The fraction of sp³-hybridized carbons (Fsp3) is 0.400. The van der Waals surface area contributed by atoms with Crippen molar-refractivity contribution < 1.29 is 5.11 Å². The maximum atomic E-state index is 11.1. The molecule has 130 valence electrons. The van der Waals surface area contributed by atoms with E-state index in [0.717, 1.165) is 18.7 Å². The van der Waals surface area contributed by atoms with Crippen LogP contribution in [0.5, 0.6) is 0 Å². The summed E-state index contributed by atoms with van der Waals surface area (Å²) in [4.78, 5) is 2.71. The van der Waals surface area contributed by atoms with Crippen LogP contribution in [0.1, 0.15) is 19.3 Å². The van der Waals surface area contributed by atoms with Gasteiger partial charge in [-0.2, -0.15) is 10.0 Å². The molecule has 24 heavy (non-hydrogen) atoms. The summed E-state index contributed by atoms with van der Waals surface area (Å²) in [6.07, 6.45) is 5.63. The fourth-order valence-corrected chi connectivity index (χ4v) is 7.59. The molecule has 0 bridgehead atoms. The molecule has 1 N–H and O–H groups in total. The molecule has 0 aromatic heterocycles. The van der Waals surface area contributed by atoms with Crippen LogP contribution in [0.15, 0.2) is 70.5 Å². The molecule has 1 fully saturated rings. The normalized spacial score (nSPS) is 21.4. The Morgan fingerprint density at radius 1 is 1.04 bits per heavy atom. The van der Waals surface area contributed by atoms with Crippen LogP contribution in [0.2, 0.25) is 0 Å². The lowest BCUT2D eigenvalue weighted by Crippen LogP contribution is -2.43. The number of aliphatic hydroxyl groups is 1. The molecule has 1 heterocycles. The molecule has 2 nitrogen and oxygen atoms in total. The fourth-order valence-electron chi connectivity index (χ4n) is 3.52. The minimum Gasteiger partial charge on any atom is -0.391 e. The maximum absolute atomic E-state index is 11.1. The van der Waals surface area contributed by atoms with Crippen molar-refractivity contribution in [3.05, 3.63) is 60.7 Å². The molecule has 2 aromatic carbocycles. The predicted octanol–water partition coefficient (Wildman–Crippen LogP) is 5.10. The zero-order valence-electron chi connectivity index (χ0n) is 14.1. The van der Waals surface area contributed by atoms with Gasteiger partial charge in [-0.25, -0.2) is 3.11 Å². The predicted molar refractivity (Wildman–Crippen MR) is 112 cm³/mol. The summed E-state index contributed by atoms with van der Waals surface area (Å²) >= 11 is 2.40. The molecule has 2 atom stereocenters. The van der Waals surface area contributed by atoms with E-state index in [1.807, 2.05) is 0 Å². The van der Waals surface area contributed by atoms with Crippen molar-refractivity contribution in [1.82, 2.24) is 3.11 Å². The van der Waals surface area contributed by atoms with E-state index in [1.54, 1.807) is 0 Å². The second-order valence-electron chi connectivity index (χ2n) is 6.63. The van der Waals surface area contributed by atoms with Crippen molar-refractivity contribution in [3.63, 3.8) is 0 Å². The van der Waals surface area contributed by atoms with Crippen LogP contribution in [0.25, 0.3) is 0 Å². The highest BCUT2D eigenvalue weighted by Crippen LogP contribution is 2.60. The van der Waals surface area contributed by atoms with E-state index in [1.165, 1.54) is 22.6 Å². The molecule has 2 aromatic rings. The van der Waals surface area contributed by atoms with E-state index in [0.29, 0.717) is 0 Å². The van der Waals surface area contributed by atoms with Gasteiger partial charge in [0.15, 0.2) is 0 Å². The molecule has 0 saturated carbocycles. The molecule has 1 aliphatic heterocycles. The second-order valence-corrected chi connectivity index (χ2v) is 11.3. The summed E-state index contributed by atoms with van der Waals surface area (Å²) in [5, 5.41) is 11.1. The van der Waals surface area contributed by atoms with Gasteiger partial charge in [0.05, 0.1) is 6.10 Å². The molecule has 0 spiro atoms. The quantitative estimate of drug-likeness (QED) is 0.501. The number of nitrogens with zero attached hydrogens (tertiary/aromatic N) is 1. The first-order valence-corrected chi connectivity index (χ1v) is 11.8. The van der Waals surface area contributed by atoms with Crippen molar-refractivity contribution in [3.8, 4) is 0 Å². The van der Waals surface area contributed by atoms with Crippen LogP contribution in [-0.4, -0.2) is 38.9 Å². The van der Waals surface area contributed by atoms with Gasteiger partial charge in [0, 0.05) is 41.2 Å². The zero-order chi connectivity index (χ0) is 17.0. The van der Waals surface area contributed by atoms with E-state index < -0.39 is 10.0 Å². The smallest absolute Gasteiger partial charge is 0.0785 e. The average Bonchev–Trinajstić information content (AvgIpc) is 2.63. The van der Waals surface area contributed by atoms with Gasteiger partial charge >= 0.3 is 0 Å². The van der Waals surface area contributed by atoms with Gasteiger partial charge in [-0.15, -0.1) is 0 Å². The highest BCUT2D eigenvalue weighted by Gasteiger charge is 2.33. The van der Waals surface area contributed by atoms with Crippen molar-refractivity contribution in [2.24, 2.45) is 0 Å². The Bertz CT molecular complexity index is 597. The Balaban J connectivity index is 1.91. The minimum atomic E-state index is -1.25. The van der Waals surface area contributed by atoms with Gasteiger partial charge in [-0.3, -0.25) is 0 Å². The van der Waals surface area contributed by atoms with E-state index in [2.05, 4.69) is 92.9 Å². The molecule has 0 unspecified atom stereocenters. The first-order valence-electron chi connectivity index (χ1n) is 8.58. The van der Waals surface area contributed by atoms with Crippen LogP contribution in [0, 0.1) is 0 Å². The third-order valence-electron chi connectivity index (χ3n) is 4.96. The molecule has 1 aliphatic rings. The first-order chi connectivity index (χ1) is 11.6. The van der Waals surface area contributed by atoms with Gasteiger partial charge in [-0.1, -0.05) is 42.8 Å².